The van der Waals surface area contributed by atoms with Crippen molar-refractivity contribution in [3.05, 3.63) is 112 Å². The Morgan fingerprint density at radius 3 is 2.05 bits per heavy atom. The molecule has 4 aromatic carbocycles. The zero-order valence-electron chi connectivity index (χ0n) is 22.9. The summed E-state index contributed by atoms with van der Waals surface area (Å²) in [4.78, 5) is 15.2. The predicted octanol–water partition coefficient (Wildman–Crippen LogP) is 7.33. The summed E-state index contributed by atoms with van der Waals surface area (Å²) in [6, 6.07) is 28.8. The van der Waals surface area contributed by atoms with Crippen molar-refractivity contribution in [3.63, 3.8) is 0 Å². The summed E-state index contributed by atoms with van der Waals surface area (Å²) < 4.78 is 23.4. The van der Waals surface area contributed by atoms with Crippen LogP contribution < -0.4 is 24.3 Å². The van der Waals surface area contributed by atoms with Gasteiger partial charge in [0.05, 0.1) is 21.3 Å². The van der Waals surface area contributed by atoms with Gasteiger partial charge < -0.3 is 29.2 Å². The number of urea groups is 1. The van der Waals surface area contributed by atoms with E-state index in [1.54, 1.807) is 26.2 Å². The minimum Gasteiger partial charge on any atom is -0.493 e. The molecule has 0 aliphatic carbocycles. The fourth-order valence-corrected chi connectivity index (χ4v) is 4.44. The van der Waals surface area contributed by atoms with Gasteiger partial charge in [0, 0.05) is 23.2 Å². The molecular weight excluding hydrogens is 572 g/mol. The van der Waals surface area contributed by atoms with E-state index in [-0.39, 0.29) is 6.03 Å². The summed E-state index contributed by atoms with van der Waals surface area (Å²) >= 11 is 3.44. The summed E-state index contributed by atoms with van der Waals surface area (Å²) in [6.07, 6.45) is 0.628. The van der Waals surface area contributed by atoms with Crippen LogP contribution in [0.3, 0.4) is 0 Å². The second-order valence-corrected chi connectivity index (χ2v) is 9.97. The molecule has 4 rings (SSSR count). The Hall–Kier alpha value is -4.17. The molecule has 4 aromatic rings. The van der Waals surface area contributed by atoms with Crippen LogP contribution in [0.5, 0.6) is 23.0 Å². The maximum Gasteiger partial charge on any atom is 0.322 e. The van der Waals surface area contributed by atoms with Crippen LogP contribution in [0.2, 0.25) is 0 Å². The van der Waals surface area contributed by atoms with E-state index in [1.807, 2.05) is 91.0 Å². The zero-order valence-corrected chi connectivity index (χ0v) is 24.4. The Kier molecular flexibility index (Phi) is 10.3. The van der Waals surface area contributed by atoms with Crippen LogP contribution in [0.1, 0.15) is 16.7 Å². The Bertz CT molecular complexity index is 1400. The highest BCUT2D eigenvalue weighted by Crippen LogP contribution is 2.30. The number of halogens is 1. The Labute approximate surface area is 243 Å². The molecule has 0 bridgehead atoms. The number of hydrogen-bond donors (Lipinski definition) is 1. The zero-order chi connectivity index (χ0) is 28.3. The quantitative estimate of drug-likeness (QED) is 0.183. The summed E-state index contributed by atoms with van der Waals surface area (Å²) in [5.41, 5.74) is 3.73. The van der Waals surface area contributed by atoms with Crippen molar-refractivity contribution in [3.8, 4) is 23.0 Å². The van der Waals surface area contributed by atoms with Crippen LogP contribution in [0, 0.1) is 0 Å². The van der Waals surface area contributed by atoms with Crippen LogP contribution >= 0.6 is 15.9 Å². The van der Waals surface area contributed by atoms with Crippen molar-refractivity contribution in [2.45, 2.75) is 19.6 Å². The van der Waals surface area contributed by atoms with E-state index < -0.39 is 0 Å². The minimum atomic E-state index is -0.203. The van der Waals surface area contributed by atoms with Crippen LogP contribution in [0.15, 0.2) is 95.5 Å². The van der Waals surface area contributed by atoms with Gasteiger partial charge in [-0.15, -0.1) is 0 Å². The average Bonchev–Trinajstić information content (AvgIpc) is 2.99. The highest BCUT2D eigenvalue weighted by atomic mass is 79.9. The van der Waals surface area contributed by atoms with E-state index in [0.29, 0.717) is 54.8 Å². The van der Waals surface area contributed by atoms with Gasteiger partial charge in [0.1, 0.15) is 6.61 Å². The summed E-state index contributed by atoms with van der Waals surface area (Å²) in [6.45, 7) is 1.29. The first-order chi connectivity index (χ1) is 19.5. The Morgan fingerprint density at radius 2 is 1.35 bits per heavy atom. The molecule has 0 fully saturated rings. The Balaban J connectivity index is 1.51. The molecule has 0 heterocycles. The first-order valence-electron chi connectivity index (χ1n) is 12.8. The number of nitrogens with one attached hydrogen (secondary N) is 1. The molecule has 0 aromatic heterocycles. The summed E-state index contributed by atoms with van der Waals surface area (Å²) in [5.74, 6) is 2.58. The van der Waals surface area contributed by atoms with Crippen molar-refractivity contribution in [2.75, 3.05) is 33.2 Å². The highest BCUT2D eigenvalue weighted by Gasteiger charge is 2.17. The number of carbonyl (C=O) groups excluding carboxylic acids is 1. The first-order valence-corrected chi connectivity index (χ1v) is 13.6. The molecule has 0 aliphatic heterocycles. The molecular formula is C32H33BrN2O5. The second kappa shape index (κ2) is 14.3. The SMILES string of the molecule is COc1ccc(CCN(Cc2ccc(OCc3ccccc3)c(OC)c2)C(=O)Nc2ccc(Br)cc2)cc1OC. The van der Waals surface area contributed by atoms with Gasteiger partial charge in [-0.2, -0.15) is 0 Å². The number of methoxy groups -OCH3 is 3. The fourth-order valence-electron chi connectivity index (χ4n) is 4.17. The summed E-state index contributed by atoms with van der Waals surface area (Å²) in [7, 11) is 4.84. The molecule has 0 radical (unpaired) electrons. The lowest BCUT2D eigenvalue weighted by Crippen LogP contribution is -2.36. The van der Waals surface area contributed by atoms with Crippen LogP contribution in [0.25, 0.3) is 0 Å². The molecule has 1 N–H and O–H groups in total. The van der Waals surface area contributed by atoms with E-state index in [2.05, 4.69) is 21.2 Å². The number of carbonyl (C=O) groups is 1. The largest absolute Gasteiger partial charge is 0.493 e. The number of anilines is 1. The van der Waals surface area contributed by atoms with Crippen molar-refractivity contribution in [1.29, 1.82) is 0 Å². The molecule has 0 atom stereocenters. The first kappa shape index (κ1) is 28.8. The van der Waals surface area contributed by atoms with Gasteiger partial charge in [-0.3, -0.25) is 0 Å². The van der Waals surface area contributed by atoms with Crippen LogP contribution in [-0.2, 0) is 19.6 Å². The van der Waals surface area contributed by atoms with Crippen molar-refractivity contribution >= 4 is 27.6 Å². The summed E-state index contributed by atoms with van der Waals surface area (Å²) in [5, 5.41) is 3.01. The fraction of sp³-hybridized carbons (Fsp3) is 0.219. The second-order valence-electron chi connectivity index (χ2n) is 9.06. The van der Waals surface area contributed by atoms with Crippen molar-refractivity contribution in [2.24, 2.45) is 0 Å². The number of rotatable bonds is 12. The average molecular weight is 606 g/mol. The highest BCUT2D eigenvalue weighted by molar-refractivity contribution is 9.10. The maximum atomic E-state index is 13.4. The van der Waals surface area contributed by atoms with Gasteiger partial charge in [0.15, 0.2) is 23.0 Å². The molecule has 0 unspecified atom stereocenters. The minimum absolute atomic E-state index is 0.203. The van der Waals surface area contributed by atoms with E-state index in [4.69, 9.17) is 18.9 Å². The van der Waals surface area contributed by atoms with Crippen LogP contribution in [-0.4, -0.2) is 38.8 Å². The topological polar surface area (TPSA) is 69.3 Å². The maximum absolute atomic E-state index is 13.4. The Morgan fingerprint density at radius 1 is 0.725 bits per heavy atom. The molecule has 7 nitrogen and oxygen atoms in total. The number of amides is 2. The lowest BCUT2D eigenvalue weighted by Gasteiger charge is -2.24. The van der Waals surface area contributed by atoms with Crippen LogP contribution in [0.4, 0.5) is 10.5 Å². The third-order valence-corrected chi connectivity index (χ3v) is 6.87. The van der Waals surface area contributed by atoms with Gasteiger partial charge in [-0.05, 0) is 71.6 Å². The van der Waals surface area contributed by atoms with Crippen molar-refractivity contribution < 1.29 is 23.7 Å². The van der Waals surface area contributed by atoms with Crippen molar-refractivity contribution in [1.82, 2.24) is 4.90 Å². The molecule has 2 amide bonds. The molecule has 0 aliphatic rings. The molecule has 208 valence electrons. The molecule has 0 saturated heterocycles. The van der Waals surface area contributed by atoms with E-state index in [1.165, 1.54) is 0 Å². The van der Waals surface area contributed by atoms with E-state index >= 15 is 0 Å². The molecule has 0 spiro atoms. The number of nitrogens with zero attached hydrogens (tertiary/aromatic N) is 1. The standard InChI is InChI=1S/C32H33BrN2O5/c1-37-28-15-9-23(19-30(28)38-2)17-18-35(32(36)34-27-13-11-26(33)12-14-27)21-25-10-16-29(31(20-25)39-3)40-22-24-7-5-4-6-8-24/h4-16,19-20H,17-18,21-22H2,1-3H3,(H,34,36). The number of hydrogen-bond acceptors (Lipinski definition) is 5. The lowest BCUT2D eigenvalue weighted by molar-refractivity contribution is 0.209. The van der Waals surface area contributed by atoms with Gasteiger partial charge in [0.2, 0.25) is 0 Å². The van der Waals surface area contributed by atoms with Gasteiger partial charge in [-0.1, -0.05) is 58.4 Å². The predicted molar refractivity (Wildman–Crippen MR) is 161 cm³/mol. The molecule has 0 saturated carbocycles. The van der Waals surface area contributed by atoms with Gasteiger partial charge in [-0.25, -0.2) is 4.79 Å². The number of benzene rings is 4. The lowest BCUT2D eigenvalue weighted by atomic mass is 10.1. The third kappa shape index (κ3) is 7.93. The normalized spacial score (nSPS) is 10.5. The monoisotopic (exact) mass is 604 g/mol. The number of ether oxygens (including phenoxy) is 4. The third-order valence-electron chi connectivity index (χ3n) is 6.34. The smallest absolute Gasteiger partial charge is 0.322 e. The van der Waals surface area contributed by atoms with Gasteiger partial charge >= 0.3 is 6.03 Å². The van der Waals surface area contributed by atoms with Gasteiger partial charge in [0.25, 0.3) is 0 Å². The molecule has 40 heavy (non-hydrogen) atoms. The molecule has 8 heteroatoms. The van der Waals surface area contributed by atoms with E-state index in [9.17, 15) is 4.79 Å². The van der Waals surface area contributed by atoms with E-state index in [0.717, 1.165) is 21.2 Å².